The van der Waals surface area contributed by atoms with Crippen molar-refractivity contribution in [1.82, 2.24) is 15.6 Å². The summed E-state index contributed by atoms with van der Waals surface area (Å²) in [5.74, 6) is 0.277. The van der Waals surface area contributed by atoms with Crippen molar-refractivity contribution in [2.45, 2.75) is 0 Å². The minimum Gasteiger partial charge on any atom is -0.350 e. The third kappa shape index (κ3) is 4.04. The minimum atomic E-state index is -0.447. The van der Waals surface area contributed by atoms with E-state index in [1.54, 1.807) is 17.5 Å². The Hall–Kier alpha value is -2.03. The van der Waals surface area contributed by atoms with Crippen LogP contribution in [-0.2, 0) is 0 Å². The molecule has 0 radical (unpaired) electrons. The van der Waals surface area contributed by atoms with Crippen LogP contribution >= 0.6 is 23.7 Å². The van der Waals surface area contributed by atoms with Crippen LogP contribution in [0.4, 0.5) is 5.69 Å². The molecule has 3 rings (SSSR count). The first kappa shape index (κ1) is 17.3. The standard InChI is InChI=1S/C14H14N4O3S.ClH/c19-13(16-7-9-5-15-6-9)12-8-22-14(17-12)10-2-1-3-11(4-10)18(20)21;/h1-4,8-9,15H,5-7H2,(H,16,19);1H. The zero-order chi connectivity index (χ0) is 15.5. The van der Waals surface area contributed by atoms with Crippen LogP contribution in [-0.4, -0.2) is 35.4 Å². The number of nitro groups is 1. The Morgan fingerprint density at radius 2 is 2.26 bits per heavy atom. The van der Waals surface area contributed by atoms with Crippen molar-refractivity contribution in [3.8, 4) is 10.6 Å². The average molecular weight is 355 g/mol. The summed E-state index contributed by atoms with van der Waals surface area (Å²) >= 11 is 1.30. The third-order valence-corrected chi connectivity index (χ3v) is 4.35. The zero-order valence-corrected chi connectivity index (χ0v) is 13.7. The van der Waals surface area contributed by atoms with Gasteiger partial charge in [-0.2, -0.15) is 0 Å². The lowest BCUT2D eigenvalue weighted by Gasteiger charge is -2.26. The van der Waals surface area contributed by atoms with E-state index in [1.807, 2.05) is 0 Å². The molecule has 1 aromatic carbocycles. The summed E-state index contributed by atoms with van der Waals surface area (Å²) in [4.78, 5) is 26.6. The SMILES string of the molecule is Cl.O=C(NCC1CNC1)c1csc(-c2cccc([N+](=O)[O-])c2)n1. The number of nitrogens with zero attached hydrogens (tertiary/aromatic N) is 2. The molecule has 2 N–H and O–H groups in total. The summed E-state index contributed by atoms with van der Waals surface area (Å²) in [6, 6.07) is 6.24. The lowest BCUT2D eigenvalue weighted by atomic mass is 10.0. The Morgan fingerprint density at radius 3 is 2.91 bits per heavy atom. The van der Waals surface area contributed by atoms with Gasteiger partial charge in [-0.3, -0.25) is 14.9 Å². The predicted molar refractivity (Wildman–Crippen MR) is 90.1 cm³/mol. The summed E-state index contributed by atoms with van der Waals surface area (Å²) < 4.78 is 0. The molecule has 1 amide bonds. The predicted octanol–water partition coefficient (Wildman–Crippen LogP) is 2.09. The van der Waals surface area contributed by atoms with Gasteiger partial charge in [-0.1, -0.05) is 12.1 Å². The maximum absolute atomic E-state index is 12.0. The van der Waals surface area contributed by atoms with Gasteiger partial charge >= 0.3 is 0 Å². The number of nitro benzene ring substituents is 1. The van der Waals surface area contributed by atoms with Crippen molar-refractivity contribution in [2.75, 3.05) is 19.6 Å². The average Bonchev–Trinajstić information content (AvgIpc) is 2.95. The molecule has 0 spiro atoms. The lowest BCUT2D eigenvalue weighted by Crippen LogP contribution is -2.48. The van der Waals surface area contributed by atoms with E-state index in [0.29, 0.717) is 28.7 Å². The second kappa shape index (κ2) is 7.49. The molecule has 0 unspecified atom stereocenters. The normalized spacial score (nSPS) is 13.7. The van der Waals surface area contributed by atoms with E-state index in [9.17, 15) is 14.9 Å². The van der Waals surface area contributed by atoms with E-state index in [-0.39, 0.29) is 24.0 Å². The van der Waals surface area contributed by atoms with Crippen LogP contribution in [0.3, 0.4) is 0 Å². The molecule has 7 nitrogen and oxygen atoms in total. The molecule has 2 aromatic rings. The maximum Gasteiger partial charge on any atom is 0.270 e. The van der Waals surface area contributed by atoms with Crippen molar-refractivity contribution in [2.24, 2.45) is 5.92 Å². The third-order valence-electron chi connectivity index (χ3n) is 3.46. The number of benzene rings is 1. The molecule has 0 aliphatic carbocycles. The van der Waals surface area contributed by atoms with Crippen molar-refractivity contribution in [3.05, 3.63) is 45.5 Å². The van der Waals surface area contributed by atoms with Crippen molar-refractivity contribution in [1.29, 1.82) is 0 Å². The monoisotopic (exact) mass is 354 g/mol. The Kier molecular flexibility index (Phi) is 5.64. The van der Waals surface area contributed by atoms with Crippen LogP contribution < -0.4 is 10.6 Å². The fraction of sp³-hybridized carbons (Fsp3) is 0.286. The molecular weight excluding hydrogens is 340 g/mol. The fourth-order valence-electron chi connectivity index (χ4n) is 2.08. The number of hydrogen-bond donors (Lipinski definition) is 2. The Bertz CT molecular complexity index is 718. The number of rotatable bonds is 5. The number of carbonyl (C=O) groups excluding carboxylic acids is 1. The van der Waals surface area contributed by atoms with Gasteiger partial charge in [0, 0.05) is 48.6 Å². The van der Waals surface area contributed by atoms with E-state index >= 15 is 0 Å². The molecule has 1 aliphatic heterocycles. The Balaban J connectivity index is 0.00000192. The molecule has 23 heavy (non-hydrogen) atoms. The van der Waals surface area contributed by atoms with Crippen molar-refractivity contribution in [3.63, 3.8) is 0 Å². The van der Waals surface area contributed by atoms with Gasteiger partial charge in [0.15, 0.2) is 0 Å². The highest BCUT2D eigenvalue weighted by Crippen LogP contribution is 2.26. The highest BCUT2D eigenvalue weighted by molar-refractivity contribution is 7.13. The van der Waals surface area contributed by atoms with Gasteiger partial charge in [0.25, 0.3) is 11.6 Å². The number of hydrogen-bond acceptors (Lipinski definition) is 6. The number of non-ortho nitro benzene ring substituents is 1. The molecule has 9 heteroatoms. The molecule has 1 aliphatic rings. The quantitative estimate of drug-likeness (QED) is 0.633. The van der Waals surface area contributed by atoms with Crippen LogP contribution in [0.5, 0.6) is 0 Å². The van der Waals surface area contributed by atoms with Gasteiger partial charge < -0.3 is 10.6 Å². The van der Waals surface area contributed by atoms with Crippen LogP contribution in [0.1, 0.15) is 10.5 Å². The van der Waals surface area contributed by atoms with E-state index in [2.05, 4.69) is 15.6 Å². The number of amides is 1. The summed E-state index contributed by atoms with van der Waals surface area (Å²) in [5, 5.41) is 19.1. The molecule has 1 saturated heterocycles. The number of carbonyl (C=O) groups is 1. The van der Waals surface area contributed by atoms with Crippen molar-refractivity contribution < 1.29 is 9.72 Å². The molecule has 0 saturated carbocycles. The van der Waals surface area contributed by atoms with E-state index < -0.39 is 4.92 Å². The second-order valence-electron chi connectivity index (χ2n) is 5.08. The molecule has 0 atom stereocenters. The number of aromatic nitrogens is 1. The molecule has 1 aromatic heterocycles. The highest BCUT2D eigenvalue weighted by atomic mass is 35.5. The summed E-state index contributed by atoms with van der Waals surface area (Å²) in [5.41, 5.74) is 0.997. The smallest absolute Gasteiger partial charge is 0.270 e. The van der Waals surface area contributed by atoms with Gasteiger partial charge in [0.2, 0.25) is 0 Å². The first-order valence-corrected chi connectivity index (χ1v) is 7.71. The second-order valence-corrected chi connectivity index (χ2v) is 5.94. The molecular formula is C14H15ClN4O3S. The molecule has 0 bridgehead atoms. The van der Waals surface area contributed by atoms with Gasteiger partial charge in [0.05, 0.1) is 4.92 Å². The first-order chi connectivity index (χ1) is 10.6. The summed E-state index contributed by atoms with van der Waals surface area (Å²) in [6.45, 7) is 2.49. The lowest BCUT2D eigenvalue weighted by molar-refractivity contribution is -0.384. The van der Waals surface area contributed by atoms with Crippen molar-refractivity contribution >= 4 is 35.3 Å². The van der Waals surface area contributed by atoms with Crippen LogP contribution in [0, 0.1) is 16.0 Å². The van der Waals surface area contributed by atoms with Crippen LogP contribution in [0.25, 0.3) is 10.6 Å². The van der Waals surface area contributed by atoms with Crippen LogP contribution in [0.15, 0.2) is 29.6 Å². The first-order valence-electron chi connectivity index (χ1n) is 6.83. The van der Waals surface area contributed by atoms with Gasteiger partial charge in [0.1, 0.15) is 10.7 Å². The fourth-order valence-corrected chi connectivity index (χ4v) is 2.88. The molecule has 2 heterocycles. The molecule has 1 fully saturated rings. The summed E-state index contributed by atoms with van der Waals surface area (Å²) in [6.07, 6.45) is 0. The number of thiazole rings is 1. The van der Waals surface area contributed by atoms with Gasteiger partial charge in [-0.25, -0.2) is 4.98 Å². The highest BCUT2D eigenvalue weighted by Gasteiger charge is 2.19. The van der Waals surface area contributed by atoms with E-state index in [4.69, 9.17) is 0 Å². The maximum atomic E-state index is 12.0. The minimum absolute atomic E-state index is 0. The van der Waals surface area contributed by atoms with Crippen LogP contribution in [0.2, 0.25) is 0 Å². The largest absolute Gasteiger partial charge is 0.350 e. The van der Waals surface area contributed by atoms with Gasteiger partial charge in [-0.15, -0.1) is 23.7 Å². The Morgan fingerprint density at radius 1 is 1.48 bits per heavy atom. The number of nitrogens with one attached hydrogen (secondary N) is 2. The van der Waals surface area contributed by atoms with Gasteiger partial charge in [-0.05, 0) is 0 Å². The topological polar surface area (TPSA) is 97.2 Å². The van der Waals surface area contributed by atoms with E-state index in [0.717, 1.165) is 13.1 Å². The summed E-state index contributed by atoms with van der Waals surface area (Å²) in [7, 11) is 0. The zero-order valence-electron chi connectivity index (χ0n) is 12.0. The van der Waals surface area contributed by atoms with E-state index in [1.165, 1.54) is 23.5 Å². The number of halogens is 1. The Labute approximate surface area is 142 Å². The molecule has 122 valence electrons.